The van der Waals surface area contributed by atoms with Crippen LogP contribution >= 0.6 is 36.9 Å². The number of halogens is 1. The number of hydrogen-bond donors (Lipinski definition) is 2. The molecule has 4 atom stereocenters. The molecule has 0 spiro atoms. The van der Waals surface area contributed by atoms with E-state index in [-0.39, 0.29) is 9.46 Å². The van der Waals surface area contributed by atoms with Gasteiger partial charge in [-0.05, 0) is 0 Å². The van der Waals surface area contributed by atoms with E-state index in [4.69, 9.17) is 11.6 Å². The molecule has 9 heavy (non-hydrogen) atoms. The average Bonchev–Trinajstić information content (AvgIpc) is 1.96. The van der Waals surface area contributed by atoms with Crippen LogP contribution in [0.3, 0.4) is 0 Å². The van der Waals surface area contributed by atoms with Gasteiger partial charge in [0.25, 0.3) is 0 Å². The van der Waals surface area contributed by atoms with Gasteiger partial charge in [0.2, 0.25) is 0 Å². The van der Waals surface area contributed by atoms with E-state index in [9.17, 15) is 0 Å². The molecule has 0 saturated heterocycles. The zero-order valence-electron chi connectivity index (χ0n) is 4.92. The van der Waals surface area contributed by atoms with E-state index < -0.39 is 0 Å². The molecule has 0 radical (unpaired) electrons. The van der Waals surface area contributed by atoms with E-state index in [0.717, 1.165) is 6.42 Å². The summed E-state index contributed by atoms with van der Waals surface area (Å²) in [6.07, 6.45) is 2.29. The van der Waals surface area contributed by atoms with Gasteiger partial charge in [0.15, 0.2) is 0 Å². The van der Waals surface area contributed by atoms with Crippen molar-refractivity contribution in [2.45, 2.75) is 27.0 Å². The van der Waals surface area contributed by atoms with E-state index in [0.29, 0.717) is 4.71 Å². The maximum absolute atomic E-state index is 6.07. The number of rotatable bonds is 0. The van der Waals surface area contributed by atoms with Crippen LogP contribution in [0.5, 0.6) is 0 Å². The van der Waals surface area contributed by atoms with Crippen molar-refractivity contribution in [1.82, 2.24) is 0 Å². The van der Waals surface area contributed by atoms with E-state index in [2.05, 4.69) is 25.3 Å². The Kier molecular flexibility index (Phi) is 2.77. The molecule has 0 N–H and O–H groups in total. The van der Waals surface area contributed by atoms with Gasteiger partial charge in [0.1, 0.15) is 0 Å². The normalized spacial score (nSPS) is 52.0. The molecule has 0 heterocycles. The number of thiol groups is 2. The molecule has 1 rings (SSSR count). The molecular formula is C5H10AsClS2. The van der Waals surface area contributed by atoms with Gasteiger partial charge in [-0.25, -0.2) is 0 Å². The van der Waals surface area contributed by atoms with Crippen molar-refractivity contribution in [3.63, 3.8) is 0 Å². The summed E-state index contributed by atoms with van der Waals surface area (Å²) in [6, 6.07) is 0. The van der Waals surface area contributed by atoms with Crippen molar-refractivity contribution < 1.29 is 0 Å². The predicted molar refractivity (Wildman–Crippen MR) is 51.9 cm³/mol. The standard InChI is InChI=1S/C5H10AsClS2/c6-3-1-2-4(8)5(3,7)9/h3-4,8-9H,1-2,6H2. The zero-order chi connectivity index (χ0) is 7.07. The molecule has 1 aliphatic carbocycles. The Labute approximate surface area is 80.4 Å². The van der Waals surface area contributed by atoms with Crippen LogP contribution in [-0.2, 0) is 0 Å². The van der Waals surface area contributed by atoms with E-state index in [1.807, 2.05) is 0 Å². The van der Waals surface area contributed by atoms with Gasteiger partial charge in [-0.1, -0.05) is 0 Å². The van der Waals surface area contributed by atoms with Gasteiger partial charge in [-0.15, -0.1) is 0 Å². The van der Waals surface area contributed by atoms with Crippen LogP contribution in [0.4, 0.5) is 0 Å². The molecule has 4 heteroatoms. The average molecular weight is 245 g/mol. The third kappa shape index (κ3) is 1.58. The number of alkyl halides is 1. The Morgan fingerprint density at radius 3 is 2.22 bits per heavy atom. The summed E-state index contributed by atoms with van der Waals surface area (Å²) in [5.74, 6) is 0. The summed E-state index contributed by atoms with van der Waals surface area (Å²) in [7, 11) is 0. The molecule has 0 aromatic carbocycles. The summed E-state index contributed by atoms with van der Waals surface area (Å²) in [4.78, 5) is 0. The van der Waals surface area contributed by atoms with Crippen molar-refractivity contribution in [3.05, 3.63) is 0 Å². The van der Waals surface area contributed by atoms with E-state index >= 15 is 0 Å². The Balaban J connectivity index is 2.66. The summed E-state index contributed by atoms with van der Waals surface area (Å²) in [6.45, 7) is 0. The Morgan fingerprint density at radius 2 is 2.11 bits per heavy atom. The van der Waals surface area contributed by atoms with Gasteiger partial charge < -0.3 is 0 Å². The summed E-state index contributed by atoms with van der Waals surface area (Å²) < 4.78 is 0.223. The van der Waals surface area contributed by atoms with Crippen molar-refractivity contribution >= 4 is 53.7 Å². The molecule has 0 aliphatic heterocycles. The van der Waals surface area contributed by atoms with Crippen molar-refractivity contribution in [2.75, 3.05) is 0 Å². The molecule has 1 saturated carbocycles. The van der Waals surface area contributed by atoms with Crippen LogP contribution in [0.15, 0.2) is 0 Å². The van der Waals surface area contributed by atoms with Crippen LogP contribution in [-0.4, -0.2) is 26.3 Å². The van der Waals surface area contributed by atoms with Gasteiger partial charge in [-0.2, -0.15) is 0 Å². The summed E-state index contributed by atoms with van der Waals surface area (Å²) in [5, 5.41) is 0.277. The first-order valence-electron chi connectivity index (χ1n) is 2.90. The van der Waals surface area contributed by atoms with Gasteiger partial charge in [0, 0.05) is 0 Å². The monoisotopic (exact) mass is 244 g/mol. The molecule has 0 amide bonds. The van der Waals surface area contributed by atoms with E-state index in [1.165, 1.54) is 6.42 Å². The second-order valence-corrected chi connectivity index (χ2v) is 6.37. The SMILES string of the molecule is SC1CCC([AsH2])C1(S)Cl. The summed E-state index contributed by atoms with van der Waals surface area (Å²) >= 11 is 16.4. The Morgan fingerprint density at radius 1 is 1.56 bits per heavy atom. The first-order chi connectivity index (χ1) is 4.05. The molecule has 54 valence electrons. The Bertz CT molecular complexity index is 106. The second-order valence-electron chi connectivity index (χ2n) is 2.43. The Hall–Kier alpha value is 1.55. The minimum absolute atomic E-state index is 0.277. The third-order valence-corrected chi connectivity index (χ3v) is 6.78. The predicted octanol–water partition coefficient (Wildman–Crippen LogP) is 1.37. The molecule has 0 aromatic rings. The maximum atomic E-state index is 6.07. The van der Waals surface area contributed by atoms with Crippen LogP contribution in [0.2, 0.25) is 4.71 Å². The van der Waals surface area contributed by atoms with Gasteiger partial charge in [-0.3, -0.25) is 0 Å². The number of hydrogen-bond acceptors (Lipinski definition) is 2. The van der Waals surface area contributed by atoms with Gasteiger partial charge in [0.05, 0.1) is 0 Å². The first-order valence-corrected chi connectivity index (χ1v) is 5.64. The molecule has 0 bridgehead atoms. The van der Waals surface area contributed by atoms with Crippen LogP contribution in [0, 0.1) is 0 Å². The van der Waals surface area contributed by atoms with Crippen LogP contribution in [0.25, 0.3) is 0 Å². The molecular weight excluding hydrogens is 235 g/mol. The fourth-order valence-electron chi connectivity index (χ4n) is 0.989. The van der Waals surface area contributed by atoms with Crippen molar-refractivity contribution in [1.29, 1.82) is 0 Å². The van der Waals surface area contributed by atoms with Crippen molar-refractivity contribution in [2.24, 2.45) is 0 Å². The van der Waals surface area contributed by atoms with E-state index in [1.54, 1.807) is 16.9 Å². The van der Waals surface area contributed by atoms with Gasteiger partial charge >= 0.3 is 80.7 Å². The minimum atomic E-state index is -0.330. The van der Waals surface area contributed by atoms with Crippen molar-refractivity contribution in [3.8, 4) is 0 Å². The molecule has 1 fully saturated rings. The second kappa shape index (κ2) is 2.89. The fourth-order valence-corrected chi connectivity index (χ4v) is 3.04. The first kappa shape index (κ1) is 8.64. The zero-order valence-corrected chi connectivity index (χ0v) is 9.89. The molecule has 1 aliphatic rings. The van der Waals surface area contributed by atoms with Crippen LogP contribution < -0.4 is 0 Å². The van der Waals surface area contributed by atoms with Crippen LogP contribution in [0.1, 0.15) is 12.8 Å². The fraction of sp³-hybridized carbons (Fsp3) is 1.00. The molecule has 4 unspecified atom stereocenters. The topological polar surface area (TPSA) is 0 Å². The molecule has 0 aromatic heterocycles. The third-order valence-electron chi connectivity index (χ3n) is 1.74. The summed E-state index contributed by atoms with van der Waals surface area (Å²) in [5.41, 5.74) is 0. The quantitative estimate of drug-likeness (QED) is 0.359. The molecule has 0 nitrogen and oxygen atoms in total.